The highest BCUT2D eigenvalue weighted by Gasteiger charge is 2.37. The first-order valence-electron chi connectivity index (χ1n) is 11.3. The molecule has 0 unspecified atom stereocenters. The van der Waals surface area contributed by atoms with E-state index in [1.807, 2.05) is 6.92 Å². The molecule has 0 bridgehead atoms. The van der Waals surface area contributed by atoms with Gasteiger partial charge in [-0.2, -0.15) is 0 Å². The average molecular weight is 693 g/mol. The Hall–Kier alpha value is -4.07. The highest BCUT2D eigenvalue weighted by atomic mass is 79.9. The van der Waals surface area contributed by atoms with Gasteiger partial charge in [-0.25, -0.2) is 9.69 Å². The molecule has 0 radical (unpaired) electrons. The summed E-state index contributed by atoms with van der Waals surface area (Å²) in [6.07, 6.45) is 1.21. The van der Waals surface area contributed by atoms with Gasteiger partial charge in [0.05, 0.1) is 15.1 Å². The first kappa shape index (κ1) is 28.9. The van der Waals surface area contributed by atoms with Gasteiger partial charge in [0.2, 0.25) is 0 Å². The number of carbonyl (C=O) groups is 4. The summed E-state index contributed by atoms with van der Waals surface area (Å²) in [6.45, 7) is 1.41. The number of imide groups is 2. The Kier molecular flexibility index (Phi) is 8.67. The van der Waals surface area contributed by atoms with Crippen molar-refractivity contribution in [3.63, 3.8) is 0 Å². The van der Waals surface area contributed by atoms with Crippen molar-refractivity contribution in [2.75, 3.05) is 16.8 Å². The van der Waals surface area contributed by atoms with Crippen molar-refractivity contribution in [3.8, 4) is 5.75 Å². The number of hydrogen-bond donors (Lipinski definition) is 2. The van der Waals surface area contributed by atoms with E-state index in [4.69, 9.17) is 16.3 Å². The van der Waals surface area contributed by atoms with Crippen molar-refractivity contribution in [2.24, 2.45) is 0 Å². The molecular formula is C26H17Br2ClN4O7. The van der Waals surface area contributed by atoms with Crippen LogP contribution in [0.5, 0.6) is 5.75 Å². The van der Waals surface area contributed by atoms with Gasteiger partial charge in [-0.15, -0.1) is 0 Å². The van der Waals surface area contributed by atoms with Gasteiger partial charge in [-0.3, -0.25) is 29.8 Å². The lowest BCUT2D eigenvalue weighted by Gasteiger charge is -2.26. The lowest BCUT2D eigenvalue weighted by atomic mass is 10.1. The number of carbonyl (C=O) groups excluding carboxylic acids is 4. The zero-order chi connectivity index (χ0) is 29.1. The molecule has 0 aliphatic carbocycles. The molecule has 0 atom stereocenters. The maximum absolute atomic E-state index is 13.3. The average Bonchev–Trinajstić information content (AvgIpc) is 2.88. The summed E-state index contributed by atoms with van der Waals surface area (Å²) in [5.74, 6) is -2.26. The number of amides is 5. The highest BCUT2D eigenvalue weighted by Crippen LogP contribution is 2.35. The number of rotatable bonds is 7. The Labute approximate surface area is 248 Å². The van der Waals surface area contributed by atoms with Crippen LogP contribution in [0.4, 0.5) is 21.9 Å². The summed E-state index contributed by atoms with van der Waals surface area (Å²) in [4.78, 5) is 62.0. The molecule has 1 aliphatic heterocycles. The van der Waals surface area contributed by atoms with Crippen LogP contribution in [-0.4, -0.2) is 35.3 Å². The van der Waals surface area contributed by atoms with Gasteiger partial charge in [0, 0.05) is 32.9 Å². The van der Waals surface area contributed by atoms with E-state index < -0.39 is 40.9 Å². The minimum absolute atomic E-state index is 0.0197. The third-order valence-electron chi connectivity index (χ3n) is 5.56. The predicted molar refractivity (Wildman–Crippen MR) is 154 cm³/mol. The molecule has 0 saturated carbocycles. The molecule has 1 fully saturated rings. The monoisotopic (exact) mass is 690 g/mol. The number of halogens is 3. The summed E-state index contributed by atoms with van der Waals surface area (Å²) in [5.41, 5.74) is 0.932. The van der Waals surface area contributed by atoms with E-state index >= 15 is 0 Å². The van der Waals surface area contributed by atoms with Crippen LogP contribution >= 0.6 is 43.5 Å². The Morgan fingerprint density at radius 2 is 1.82 bits per heavy atom. The fraction of sp³-hybridized carbons (Fsp3) is 0.0769. The van der Waals surface area contributed by atoms with Crippen LogP contribution in [0.3, 0.4) is 0 Å². The fourth-order valence-corrected chi connectivity index (χ4v) is 5.17. The number of nitro benzene ring substituents is 1. The fourth-order valence-electron chi connectivity index (χ4n) is 3.62. The van der Waals surface area contributed by atoms with Gasteiger partial charge < -0.3 is 10.1 Å². The van der Waals surface area contributed by atoms with Crippen molar-refractivity contribution in [1.82, 2.24) is 5.32 Å². The molecule has 4 rings (SSSR count). The number of benzene rings is 3. The van der Waals surface area contributed by atoms with E-state index in [0.29, 0.717) is 24.6 Å². The van der Waals surface area contributed by atoms with Gasteiger partial charge in [-0.05, 0) is 70.9 Å². The Morgan fingerprint density at radius 1 is 1.12 bits per heavy atom. The van der Waals surface area contributed by atoms with Crippen LogP contribution in [0.1, 0.15) is 11.1 Å². The molecular weight excluding hydrogens is 676 g/mol. The molecule has 204 valence electrons. The van der Waals surface area contributed by atoms with Gasteiger partial charge in [0.15, 0.2) is 6.61 Å². The first-order valence-corrected chi connectivity index (χ1v) is 13.2. The number of barbiturate groups is 1. The molecule has 2 N–H and O–H groups in total. The second-order valence-electron chi connectivity index (χ2n) is 8.34. The number of urea groups is 1. The number of hydrogen-bond acceptors (Lipinski definition) is 7. The second kappa shape index (κ2) is 12.0. The van der Waals surface area contributed by atoms with Crippen LogP contribution in [0, 0.1) is 17.0 Å². The van der Waals surface area contributed by atoms with E-state index in [2.05, 4.69) is 42.5 Å². The molecule has 40 heavy (non-hydrogen) atoms. The summed E-state index contributed by atoms with van der Waals surface area (Å²) in [6, 6.07) is 11.9. The minimum Gasteiger partial charge on any atom is -0.482 e. The Morgan fingerprint density at radius 3 is 2.48 bits per heavy atom. The number of non-ortho nitro benzene ring substituents is 1. The lowest BCUT2D eigenvalue weighted by Crippen LogP contribution is -2.54. The van der Waals surface area contributed by atoms with E-state index in [0.717, 1.165) is 17.7 Å². The Bertz CT molecular complexity index is 1610. The first-order chi connectivity index (χ1) is 18.9. The number of nitrogens with one attached hydrogen (secondary N) is 2. The van der Waals surface area contributed by atoms with Crippen molar-refractivity contribution in [1.29, 1.82) is 0 Å². The molecule has 14 heteroatoms. The van der Waals surface area contributed by atoms with Crippen LogP contribution < -0.4 is 20.3 Å². The maximum Gasteiger partial charge on any atom is 0.335 e. The van der Waals surface area contributed by atoms with Crippen molar-refractivity contribution in [3.05, 3.63) is 95.4 Å². The summed E-state index contributed by atoms with van der Waals surface area (Å²) >= 11 is 12.8. The third kappa shape index (κ3) is 6.38. The second-order valence-corrected chi connectivity index (χ2v) is 10.5. The number of aryl methyl sites for hydroxylation is 1. The van der Waals surface area contributed by atoms with Crippen molar-refractivity contribution >= 4 is 90.4 Å². The van der Waals surface area contributed by atoms with Gasteiger partial charge >= 0.3 is 6.03 Å². The van der Waals surface area contributed by atoms with Gasteiger partial charge in [-0.1, -0.05) is 33.6 Å². The van der Waals surface area contributed by atoms with Crippen LogP contribution in [-0.2, 0) is 14.4 Å². The molecule has 1 aliphatic rings. The zero-order valence-electron chi connectivity index (χ0n) is 20.4. The van der Waals surface area contributed by atoms with Gasteiger partial charge in [0.25, 0.3) is 23.4 Å². The molecule has 1 saturated heterocycles. The Balaban J connectivity index is 1.61. The molecule has 5 amide bonds. The smallest absolute Gasteiger partial charge is 0.335 e. The molecule has 3 aromatic carbocycles. The van der Waals surface area contributed by atoms with Crippen molar-refractivity contribution < 1.29 is 28.8 Å². The maximum atomic E-state index is 13.3. The van der Waals surface area contributed by atoms with E-state index in [-0.39, 0.29) is 22.7 Å². The topological polar surface area (TPSA) is 148 Å². The standard InChI is InChI=1S/C26H17Br2ClN4O7/c1-13-2-3-16(11-21(13)29)30-22(34)12-40-23-14(8-15(27)10-20(23)28)9-19-24(35)31-26(37)32(25(19)36)17-4-6-18(7-5-17)33(38)39/h2-11H,12H2,1H3,(H,30,34)(H,31,35,37)/b19-9-. The van der Waals surface area contributed by atoms with Crippen LogP contribution in [0.25, 0.3) is 6.08 Å². The van der Waals surface area contributed by atoms with Crippen LogP contribution in [0.15, 0.2) is 69.1 Å². The van der Waals surface area contributed by atoms with Crippen LogP contribution in [0.2, 0.25) is 5.02 Å². The molecule has 0 spiro atoms. The summed E-state index contributed by atoms with van der Waals surface area (Å²) < 4.78 is 6.72. The number of nitro groups is 1. The lowest BCUT2D eigenvalue weighted by molar-refractivity contribution is -0.384. The summed E-state index contributed by atoms with van der Waals surface area (Å²) in [7, 11) is 0. The number of nitrogens with zero attached hydrogens (tertiary/aromatic N) is 2. The molecule has 1 heterocycles. The third-order valence-corrected chi connectivity index (χ3v) is 7.01. The SMILES string of the molecule is Cc1ccc(NC(=O)COc2c(Br)cc(Br)cc2/C=C2/C(=O)NC(=O)N(c3ccc([N+](=O)[O-])cc3)C2=O)cc1Cl. The predicted octanol–water partition coefficient (Wildman–Crippen LogP) is 5.77. The molecule has 0 aromatic heterocycles. The zero-order valence-corrected chi connectivity index (χ0v) is 24.3. The number of ether oxygens (including phenoxy) is 1. The highest BCUT2D eigenvalue weighted by molar-refractivity contribution is 9.11. The normalized spacial score (nSPS) is 14.2. The molecule has 3 aromatic rings. The molecule has 11 nitrogen and oxygen atoms in total. The quantitative estimate of drug-likeness (QED) is 0.138. The van der Waals surface area contributed by atoms with E-state index in [1.165, 1.54) is 18.2 Å². The van der Waals surface area contributed by atoms with E-state index in [1.54, 1.807) is 30.3 Å². The van der Waals surface area contributed by atoms with Crippen molar-refractivity contribution in [2.45, 2.75) is 6.92 Å². The van der Waals surface area contributed by atoms with E-state index in [9.17, 15) is 29.3 Å². The largest absolute Gasteiger partial charge is 0.482 e. The minimum atomic E-state index is -1.01. The van der Waals surface area contributed by atoms with Gasteiger partial charge in [0.1, 0.15) is 11.3 Å². The number of anilines is 2. The summed E-state index contributed by atoms with van der Waals surface area (Å²) in [5, 5.41) is 16.2.